The normalized spacial score (nSPS) is 9.15. The molecule has 0 bridgehead atoms. The monoisotopic (exact) mass is 180 g/mol. The van der Waals surface area contributed by atoms with Gasteiger partial charge in [-0.05, 0) is 17.3 Å². The van der Waals surface area contributed by atoms with Crippen molar-refractivity contribution in [2.45, 2.75) is 13.8 Å². The zero-order valence-electron chi connectivity index (χ0n) is 7.93. The minimum Gasteiger partial charge on any atom is -0.397 e. The van der Waals surface area contributed by atoms with Gasteiger partial charge in [0.2, 0.25) is 5.65 Å². The first-order valence-corrected chi connectivity index (χ1v) is 4.13. The van der Waals surface area contributed by atoms with Crippen LogP contribution in [-0.4, -0.2) is 27.3 Å². The smallest absolute Gasteiger partial charge is 0.219 e. The van der Waals surface area contributed by atoms with Crippen LogP contribution in [0, 0.1) is 0 Å². The average molecular weight is 180 g/mol. The Labute approximate surface area is 76.3 Å². The summed E-state index contributed by atoms with van der Waals surface area (Å²) in [7, 11) is 1.52. The maximum atomic E-state index is 4.85. The Kier molecular flexibility index (Phi) is 3.19. The molecule has 0 spiro atoms. The lowest BCUT2D eigenvalue weighted by Gasteiger charge is -1.94. The molecular formula is C8H12N4O. The van der Waals surface area contributed by atoms with E-state index in [4.69, 9.17) is 4.84 Å². The van der Waals surface area contributed by atoms with E-state index in [0.717, 1.165) is 5.52 Å². The molecule has 5 nitrogen and oxygen atoms in total. The molecule has 2 aromatic rings. The number of rotatable bonds is 1. The largest absolute Gasteiger partial charge is 0.397 e. The number of aromatic nitrogens is 4. The van der Waals surface area contributed by atoms with Crippen LogP contribution >= 0.6 is 0 Å². The van der Waals surface area contributed by atoms with E-state index in [0.29, 0.717) is 5.65 Å². The van der Waals surface area contributed by atoms with Crippen LogP contribution in [0.1, 0.15) is 13.8 Å². The van der Waals surface area contributed by atoms with E-state index >= 15 is 0 Å². The molecule has 2 rings (SSSR count). The number of nitrogens with zero attached hydrogens (tertiary/aromatic N) is 4. The van der Waals surface area contributed by atoms with Crippen molar-refractivity contribution in [2.75, 3.05) is 7.11 Å². The molecule has 0 atom stereocenters. The average Bonchev–Trinajstić information content (AvgIpc) is 2.64. The molecule has 2 aromatic heterocycles. The Hall–Kier alpha value is -1.65. The fourth-order valence-electron chi connectivity index (χ4n) is 0.868. The molecule has 5 heteroatoms. The standard InChI is InChI=1S/C6H6N4O.C2H6/c1-11-10-6-5(8-9-10)3-2-4-7-6;1-2/h2-4H,1H3;1-2H3. The van der Waals surface area contributed by atoms with E-state index < -0.39 is 0 Å². The molecule has 0 unspecified atom stereocenters. The van der Waals surface area contributed by atoms with Crippen LogP contribution in [-0.2, 0) is 0 Å². The predicted molar refractivity (Wildman–Crippen MR) is 49.2 cm³/mol. The Bertz CT molecular complexity index is 371. The minimum absolute atomic E-state index is 0.634. The van der Waals surface area contributed by atoms with E-state index in [1.54, 1.807) is 12.3 Å². The molecule has 0 fully saturated rings. The minimum atomic E-state index is 0.634. The first-order valence-electron chi connectivity index (χ1n) is 4.13. The van der Waals surface area contributed by atoms with Gasteiger partial charge >= 0.3 is 0 Å². The topological polar surface area (TPSA) is 52.8 Å². The summed E-state index contributed by atoms with van der Waals surface area (Å²) in [6.45, 7) is 4.00. The first kappa shape index (κ1) is 9.44. The maximum Gasteiger partial charge on any atom is 0.219 e. The van der Waals surface area contributed by atoms with Gasteiger partial charge in [-0.1, -0.05) is 18.7 Å². The Morgan fingerprint density at radius 1 is 1.38 bits per heavy atom. The van der Waals surface area contributed by atoms with Crippen LogP contribution < -0.4 is 4.84 Å². The number of hydrogen-bond donors (Lipinski definition) is 0. The van der Waals surface area contributed by atoms with Gasteiger partial charge in [0.25, 0.3) is 0 Å². The van der Waals surface area contributed by atoms with Crippen molar-refractivity contribution in [3.05, 3.63) is 18.3 Å². The van der Waals surface area contributed by atoms with Crippen molar-refractivity contribution in [2.24, 2.45) is 0 Å². The zero-order valence-corrected chi connectivity index (χ0v) is 7.93. The molecule has 2 heterocycles. The maximum absolute atomic E-state index is 4.85. The number of fused-ring (bicyclic) bond motifs is 1. The second kappa shape index (κ2) is 4.39. The molecule has 0 aliphatic rings. The molecule has 0 radical (unpaired) electrons. The fourth-order valence-corrected chi connectivity index (χ4v) is 0.868. The summed E-state index contributed by atoms with van der Waals surface area (Å²) in [4.78, 5) is 10.1. The van der Waals surface area contributed by atoms with Crippen LogP contribution in [0.3, 0.4) is 0 Å². The quantitative estimate of drug-likeness (QED) is 0.654. The van der Waals surface area contributed by atoms with Crippen LogP contribution in [0.5, 0.6) is 0 Å². The van der Waals surface area contributed by atoms with Crippen molar-refractivity contribution in [1.82, 2.24) is 20.1 Å². The first-order chi connectivity index (χ1) is 6.42. The molecule has 0 amide bonds. The van der Waals surface area contributed by atoms with E-state index in [9.17, 15) is 0 Å². The molecular weight excluding hydrogens is 168 g/mol. The van der Waals surface area contributed by atoms with E-state index in [1.807, 2.05) is 19.9 Å². The van der Waals surface area contributed by atoms with Gasteiger partial charge in [0.1, 0.15) is 12.6 Å². The molecule has 0 aliphatic carbocycles. The zero-order chi connectivity index (χ0) is 9.68. The van der Waals surface area contributed by atoms with Crippen molar-refractivity contribution in [3.63, 3.8) is 0 Å². The second-order valence-corrected chi connectivity index (χ2v) is 1.99. The van der Waals surface area contributed by atoms with Gasteiger partial charge in [0.15, 0.2) is 0 Å². The third-order valence-electron chi connectivity index (χ3n) is 1.35. The SMILES string of the molecule is CC.COn1nnc2cccnc21. The fraction of sp³-hybridized carbons (Fsp3) is 0.375. The molecule has 13 heavy (non-hydrogen) atoms. The molecule has 70 valence electrons. The highest BCUT2D eigenvalue weighted by Crippen LogP contribution is 2.03. The second-order valence-electron chi connectivity index (χ2n) is 1.99. The van der Waals surface area contributed by atoms with Crippen molar-refractivity contribution < 1.29 is 4.84 Å². The molecule has 0 saturated carbocycles. The predicted octanol–water partition coefficient (Wildman–Crippen LogP) is 0.911. The molecule has 0 N–H and O–H groups in total. The Morgan fingerprint density at radius 3 is 2.85 bits per heavy atom. The van der Waals surface area contributed by atoms with Gasteiger partial charge in [-0.2, -0.15) is 0 Å². The van der Waals surface area contributed by atoms with Crippen LogP contribution in [0.2, 0.25) is 0 Å². The van der Waals surface area contributed by atoms with E-state index in [-0.39, 0.29) is 0 Å². The van der Waals surface area contributed by atoms with Gasteiger partial charge < -0.3 is 4.84 Å². The molecule has 0 saturated heterocycles. The molecule has 0 aromatic carbocycles. The summed E-state index contributed by atoms with van der Waals surface area (Å²) in [5.74, 6) is 0. The van der Waals surface area contributed by atoms with Crippen molar-refractivity contribution >= 4 is 11.2 Å². The lowest BCUT2D eigenvalue weighted by molar-refractivity contribution is 0.138. The van der Waals surface area contributed by atoms with Crippen LogP contribution in [0.4, 0.5) is 0 Å². The summed E-state index contributed by atoms with van der Waals surface area (Å²) >= 11 is 0. The Morgan fingerprint density at radius 2 is 2.15 bits per heavy atom. The van der Waals surface area contributed by atoms with Gasteiger partial charge in [0, 0.05) is 6.20 Å². The summed E-state index contributed by atoms with van der Waals surface area (Å²) < 4.78 is 0. The van der Waals surface area contributed by atoms with Gasteiger partial charge in [-0.3, -0.25) is 0 Å². The van der Waals surface area contributed by atoms with Gasteiger partial charge in [-0.15, -0.1) is 5.10 Å². The lowest BCUT2D eigenvalue weighted by Crippen LogP contribution is -2.07. The summed E-state index contributed by atoms with van der Waals surface area (Å²) in [5.41, 5.74) is 1.37. The number of hydrogen-bond acceptors (Lipinski definition) is 4. The summed E-state index contributed by atoms with van der Waals surface area (Å²) in [5, 5.41) is 7.51. The van der Waals surface area contributed by atoms with Crippen molar-refractivity contribution in [3.8, 4) is 0 Å². The van der Waals surface area contributed by atoms with Crippen molar-refractivity contribution in [1.29, 1.82) is 0 Å². The summed E-state index contributed by atoms with van der Waals surface area (Å²) in [6, 6.07) is 3.63. The molecule has 0 aliphatic heterocycles. The van der Waals surface area contributed by atoms with E-state index in [1.165, 1.54) is 12.0 Å². The Balaban J connectivity index is 0.000000396. The highest BCUT2D eigenvalue weighted by molar-refractivity contribution is 5.68. The highest BCUT2D eigenvalue weighted by atomic mass is 16.7. The van der Waals surface area contributed by atoms with E-state index in [2.05, 4.69) is 15.3 Å². The van der Waals surface area contributed by atoms with Gasteiger partial charge in [0.05, 0.1) is 0 Å². The van der Waals surface area contributed by atoms with Crippen LogP contribution in [0.25, 0.3) is 11.2 Å². The van der Waals surface area contributed by atoms with Crippen LogP contribution in [0.15, 0.2) is 18.3 Å². The highest BCUT2D eigenvalue weighted by Gasteiger charge is 2.02. The summed E-state index contributed by atoms with van der Waals surface area (Å²) in [6.07, 6.45) is 1.67. The third-order valence-corrected chi connectivity index (χ3v) is 1.35. The number of pyridine rings is 1. The van der Waals surface area contributed by atoms with Gasteiger partial charge in [-0.25, -0.2) is 4.98 Å². The third kappa shape index (κ3) is 1.74. The lowest BCUT2D eigenvalue weighted by atomic mass is 10.4.